The van der Waals surface area contributed by atoms with E-state index in [-0.39, 0.29) is 0 Å². The molecule has 0 aliphatic carbocycles. The van der Waals surface area contributed by atoms with Gasteiger partial charge in [0.15, 0.2) is 0 Å². The minimum absolute atomic E-state index is 0.333. The molecule has 0 heterocycles. The first-order chi connectivity index (χ1) is 5.23. The summed E-state index contributed by atoms with van der Waals surface area (Å²) in [6.45, 7) is 18.2. The average Bonchev–Trinajstić information content (AvgIpc) is 1.85. The average molecular weight is 186 g/mol. The molecule has 0 aliphatic rings. The maximum absolute atomic E-state index is 5.50. The Hall–Kier alpha value is -0.243. The second-order valence-electron chi connectivity index (χ2n) is 4.73. The summed E-state index contributed by atoms with van der Waals surface area (Å²) in [4.78, 5) is 0. The maximum atomic E-state index is 5.50. The van der Waals surface area contributed by atoms with Gasteiger partial charge in [-0.15, -0.1) is 0 Å². The summed E-state index contributed by atoms with van der Waals surface area (Å²) < 4.78 is 5.50. The highest BCUT2D eigenvalue weighted by Gasteiger charge is 2.39. The summed E-state index contributed by atoms with van der Waals surface area (Å²) in [5.41, 5.74) is 0. The van der Waals surface area contributed by atoms with Gasteiger partial charge in [0.25, 0.3) is 0 Å². The molecule has 0 amide bonds. The van der Waals surface area contributed by atoms with Gasteiger partial charge in [0.1, 0.15) is 8.07 Å². The van der Waals surface area contributed by atoms with Crippen LogP contribution in [0.3, 0.4) is 0 Å². The van der Waals surface area contributed by atoms with Crippen molar-refractivity contribution in [3.8, 4) is 0 Å². The van der Waals surface area contributed by atoms with Crippen molar-refractivity contribution in [1.29, 1.82) is 0 Å². The summed E-state index contributed by atoms with van der Waals surface area (Å²) >= 11 is 0. The van der Waals surface area contributed by atoms with Gasteiger partial charge in [-0.1, -0.05) is 40.4 Å². The van der Waals surface area contributed by atoms with E-state index in [4.69, 9.17) is 4.74 Å². The molecule has 0 radical (unpaired) electrons. The normalized spacial score (nSPS) is 12.8. The van der Waals surface area contributed by atoms with Crippen molar-refractivity contribution in [3.05, 3.63) is 12.0 Å². The van der Waals surface area contributed by atoms with E-state index in [1.807, 2.05) is 6.92 Å². The van der Waals surface area contributed by atoms with Gasteiger partial charge in [-0.05, 0) is 12.0 Å². The van der Waals surface area contributed by atoms with Crippen LogP contribution in [0, 0.1) is 0 Å². The summed E-state index contributed by atoms with van der Waals surface area (Å²) in [5.74, 6) is 0. The van der Waals surface area contributed by atoms with Crippen molar-refractivity contribution >= 4 is 8.07 Å². The van der Waals surface area contributed by atoms with Crippen LogP contribution < -0.4 is 0 Å². The topological polar surface area (TPSA) is 9.23 Å². The molecule has 0 rings (SSSR count). The van der Waals surface area contributed by atoms with Gasteiger partial charge in [0.2, 0.25) is 0 Å². The molecular weight excluding hydrogens is 164 g/mol. The Bertz CT molecular complexity index is 165. The smallest absolute Gasteiger partial charge is 0.129 e. The van der Waals surface area contributed by atoms with Crippen molar-refractivity contribution in [1.82, 2.24) is 0 Å². The van der Waals surface area contributed by atoms with E-state index in [9.17, 15) is 0 Å². The van der Waals surface area contributed by atoms with Crippen molar-refractivity contribution in [2.45, 2.75) is 45.8 Å². The molecule has 0 fully saturated rings. The molecule has 2 heteroatoms. The zero-order chi connectivity index (χ0) is 9.99. The SMILES string of the molecule is C=C(OCC)[Si](C)(C)C(C)(C)C. The fourth-order valence-corrected chi connectivity index (χ4v) is 2.11. The molecule has 12 heavy (non-hydrogen) atoms. The molecule has 1 nitrogen and oxygen atoms in total. The zero-order valence-corrected chi connectivity index (χ0v) is 10.3. The predicted molar refractivity (Wildman–Crippen MR) is 58.0 cm³/mol. The highest BCUT2D eigenvalue weighted by atomic mass is 28.3. The highest BCUT2D eigenvalue weighted by molar-refractivity contribution is 6.86. The van der Waals surface area contributed by atoms with Crippen LogP contribution in [0.5, 0.6) is 0 Å². The van der Waals surface area contributed by atoms with Gasteiger partial charge in [0, 0.05) is 0 Å². The molecule has 0 N–H and O–H groups in total. The minimum atomic E-state index is -1.45. The van der Waals surface area contributed by atoms with E-state index >= 15 is 0 Å². The number of hydrogen-bond donors (Lipinski definition) is 0. The minimum Gasteiger partial charge on any atom is -0.504 e. The molecule has 0 saturated carbocycles. The van der Waals surface area contributed by atoms with Gasteiger partial charge < -0.3 is 4.74 Å². The lowest BCUT2D eigenvalue weighted by Crippen LogP contribution is -2.40. The summed E-state index contributed by atoms with van der Waals surface area (Å²) in [7, 11) is -1.45. The van der Waals surface area contributed by atoms with Crippen molar-refractivity contribution < 1.29 is 4.74 Å². The van der Waals surface area contributed by atoms with Crippen LogP contribution in [-0.2, 0) is 4.74 Å². The first-order valence-corrected chi connectivity index (χ1v) is 7.55. The van der Waals surface area contributed by atoms with Crippen molar-refractivity contribution in [2.75, 3.05) is 6.61 Å². The third-order valence-corrected chi connectivity index (χ3v) is 8.18. The molecule has 0 aromatic heterocycles. The lowest BCUT2D eigenvalue weighted by atomic mass is 10.2. The van der Waals surface area contributed by atoms with Crippen LogP contribution in [0.25, 0.3) is 0 Å². The monoisotopic (exact) mass is 186 g/mol. The first kappa shape index (κ1) is 11.8. The van der Waals surface area contributed by atoms with Crippen LogP contribution >= 0.6 is 0 Å². The molecule has 0 aromatic carbocycles. The Morgan fingerprint density at radius 1 is 1.33 bits per heavy atom. The van der Waals surface area contributed by atoms with Crippen LogP contribution in [0.4, 0.5) is 0 Å². The molecule has 0 aliphatic heterocycles. The Morgan fingerprint density at radius 2 is 1.75 bits per heavy atom. The van der Waals surface area contributed by atoms with Gasteiger partial charge in [-0.25, -0.2) is 0 Å². The summed E-state index contributed by atoms with van der Waals surface area (Å²) in [5, 5.41) is 1.36. The number of rotatable bonds is 3. The van der Waals surface area contributed by atoms with Crippen molar-refractivity contribution in [2.24, 2.45) is 0 Å². The number of hydrogen-bond acceptors (Lipinski definition) is 1. The maximum Gasteiger partial charge on any atom is 0.129 e. The second-order valence-corrected chi connectivity index (χ2v) is 10.0. The lowest BCUT2D eigenvalue weighted by Gasteiger charge is -2.37. The van der Waals surface area contributed by atoms with E-state index in [0.717, 1.165) is 12.0 Å². The van der Waals surface area contributed by atoms with Crippen molar-refractivity contribution in [3.63, 3.8) is 0 Å². The third kappa shape index (κ3) is 2.37. The van der Waals surface area contributed by atoms with E-state index in [1.54, 1.807) is 0 Å². The Labute approximate surface area is 77.8 Å². The van der Waals surface area contributed by atoms with Gasteiger partial charge in [0.05, 0.1) is 12.0 Å². The quantitative estimate of drug-likeness (QED) is 0.483. The van der Waals surface area contributed by atoms with Gasteiger partial charge in [-0.3, -0.25) is 0 Å². The molecule has 0 unspecified atom stereocenters. The number of ether oxygens (including phenoxy) is 1. The molecule has 0 saturated heterocycles. The summed E-state index contributed by atoms with van der Waals surface area (Å²) in [6.07, 6.45) is 0. The predicted octanol–water partition coefficient (Wildman–Crippen LogP) is 3.58. The fourth-order valence-electron chi connectivity index (χ4n) is 0.773. The van der Waals surface area contributed by atoms with Crippen LogP contribution in [0.2, 0.25) is 18.1 Å². The van der Waals surface area contributed by atoms with E-state index in [0.29, 0.717) is 5.04 Å². The third-order valence-electron chi connectivity index (χ3n) is 2.89. The van der Waals surface area contributed by atoms with Crippen LogP contribution in [-0.4, -0.2) is 14.7 Å². The Balaban J connectivity index is 4.50. The Kier molecular flexibility index (Phi) is 3.57. The standard InChI is InChI=1S/C10H22OSi/c1-8-11-9(2)12(6,7)10(3,4)5/h2,8H2,1,3-7H3. The second kappa shape index (κ2) is 3.65. The van der Waals surface area contributed by atoms with Crippen LogP contribution in [0.1, 0.15) is 27.7 Å². The van der Waals surface area contributed by atoms with Gasteiger partial charge in [-0.2, -0.15) is 0 Å². The van der Waals surface area contributed by atoms with E-state index in [2.05, 4.69) is 40.4 Å². The Morgan fingerprint density at radius 3 is 2.00 bits per heavy atom. The molecule has 0 bridgehead atoms. The largest absolute Gasteiger partial charge is 0.504 e. The van der Waals surface area contributed by atoms with E-state index in [1.165, 1.54) is 0 Å². The fraction of sp³-hybridized carbons (Fsp3) is 0.800. The zero-order valence-electron chi connectivity index (χ0n) is 9.32. The van der Waals surface area contributed by atoms with Crippen LogP contribution in [0.15, 0.2) is 12.0 Å². The lowest BCUT2D eigenvalue weighted by molar-refractivity contribution is 0.249. The molecule has 72 valence electrons. The molecule has 0 spiro atoms. The molecule has 0 atom stereocenters. The van der Waals surface area contributed by atoms with Gasteiger partial charge >= 0.3 is 0 Å². The van der Waals surface area contributed by atoms with E-state index < -0.39 is 8.07 Å². The highest BCUT2D eigenvalue weighted by Crippen LogP contribution is 2.40. The molecule has 0 aromatic rings. The molecular formula is C10H22OSi. The first-order valence-electron chi connectivity index (χ1n) is 4.55. The summed E-state index contributed by atoms with van der Waals surface area (Å²) in [6, 6.07) is 0.